The minimum absolute atomic E-state index is 0.00487. The van der Waals surface area contributed by atoms with Gasteiger partial charge in [0.15, 0.2) is 11.6 Å². The fraction of sp³-hybridized carbons (Fsp3) is 0.789. The number of nitrogens with zero attached hydrogens (tertiary/aromatic N) is 2. The smallest absolute Gasteiger partial charge is 0.338 e. The first kappa shape index (κ1) is 39.1. The Bertz CT molecular complexity index is 1290. The van der Waals surface area contributed by atoms with E-state index in [1.54, 1.807) is 0 Å². The predicted molar refractivity (Wildman–Crippen MR) is 182 cm³/mol. The third-order valence-electron chi connectivity index (χ3n) is 13.2. The maximum Gasteiger partial charge on any atom is 0.338 e. The number of carbonyl (C=O) groups excluding carboxylic acids is 2. The van der Waals surface area contributed by atoms with Crippen molar-refractivity contribution in [2.75, 3.05) is 26.4 Å². The van der Waals surface area contributed by atoms with Crippen molar-refractivity contribution in [2.24, 2.45) is 11.8 Å². The molecule has 1 aromatic carbocycles. The van der Waals surface area contributed by atoms with Crippen molar-refractivity contribution in [1.82, 2.24) is 10.1 Å². The van der Waals surface area contributed by atoms with Crippen molar-refractivity contribution in [3.63, 3.8) is 0 Å². The van der Waals surface area contributed by atoms with Crippen LogP contribution in [0.1, 0.15) is 128 Å². The number of benzene rings is 1. The van der Waals surface area contributed by atoms with Gasteiger partial charge in [0.2, 0.25) is 0 Å². The molecular formula is C38H58N2O10. The summed E-state index contributed by atoms with van der Waals surface area (Å²) in [6, 6.07) is 6.10. The summed E-state index contributed by atoms with van der Waals surface area (Å²) in [7, 11) is 0. The van der Waals surface area contributed by atoms with Crippen LogP contribution in [0.4, 0.5) is 0 Å². The maximum absolute atomic E-state index is 13.4. The predicted octanol–water partition coefficient (Wildman–Crippen LogP) is 6.27. The van der Waals surface area contributed by atoms with Crippen molar-refractivity contribution in [3.8, 4) is 0 Å². The van der Waals surface area contributed by atoms with E-state index < -0.39 is 57.9 Å². The molecule has 1 aromatic rings. The van der Waals surface area contributed by atoms with E-state index in [2.05, 4.69) is 0 Å². The van der Waals surface area contributed by atoms with Gasteiger partial charge in [-0.15, -0.1) is 20.5 Å². The largest absolute Gasteiger partial charge is 0.459 e. The molecule has 0 bridgehead atoms. The van der Waals surface area contributed by atoms with Gasteiger partial charge < -0.3 is 28.4 Å². The summed E-state index contributed by atoms with van der Waals surface area (Å²) in [4.78, 5) is 25.9. The van der Waals surface area contributed by atoms with Gasteiger partial charge in [0.05, 0.1) is 46.5 Å². The molecule has 2 spiro atoms. The molecule has 280 valence electrons. The Balaban J connectivity index is 1.13. The Morgan fingerprint density at radius 3 is 1.30 bits per heavy atom. The van der Waals surface area contributed by atoms with Gasteiger partial charge in [0.25, 0.3) is 0 Å². The lowest BCUT2D eigenvalue weighted by Gasteiger charge is -2.59. The van der Waals surface area contributed by atoms with Gasteiger partial charge in [0.1, 0.15) is 25.4 Å². The third kappa shape index (κ3) is 6.42. The maximum atomic E-state index is 13.4. The summed E-state index contributed by atoms with van der Waals surface area (Å²) in [5.74, 6) is -3.38. The van der Waals surface area contributed by atoms with Crippen molar-refractivity contribution < 1.29 is 48.4 Å². The molecular weight excluding hydrogens is 644 g/mol. The van der Waals surface area contributed by atoms with Crippen LogP contribution < -0.4 is 0 Å². The Morgan fingerprint density at radius 1 is 0.660 bits per heavy atom. The number of hydroxylamine groups is 4. The minimum Gasteiger partial charge on any atom is -0.459 e. The van der Waals surface area contributed by atoms with Crippen LogP contribution in [-0.4, -0.2) is 94.4 Å². The molecule has 50 heavy (non-hydrogen) atoms. The Kier molecular flexibility index (Phi) is 10.9. The van der Waals surface area contributed by atoms with Gasteiger partial charge in [-0.1, -0.05) is 41.5 Å². The monoisotopic (exact) mass is 702 g/mol. The first-order chi connectivity index (χ1) is 23.4. The highest BCUT2D eigenvalue weighted by Gasteiger charge is 2.65. The zero-order valence-electron chi connectivity index (χ0n) is 31.7. The third-order valence-corrected chi connectivity index (χ3v) is 13.2. The van der Waals surface area contributed by atoms with Crippen LogP contribution in [0.15, 0.2) is 24.3 Å². The van der Waals surface area contributed by atoms with E-state index in [4.69, 9.17) is 28.4 Å². The quantitative estimate of drug-likeness (QED) is 0.257. The van der Waals surface area contributed by atoms with Crippen LogP contribution in [0.25, 0.3) is 0 Å². The second-order valence-electron chi connectivity index (χ2n) is 16.0. The average Bonchev–Trinajstić information content (AvgIpc) is 3.74. The summed E-state index contributed by atoms with van der Waals surface area (Å²) < 4.78 is 36.7. The molecule has 5 rings (SSSR count). The van der Waals surface area contributed by atoms with E-state index in [1.165, 1.54) is 34.4 Å². The lowest BCUT2D eigenvalue weighted by atomic mass is 9.67. The number of ether oxygens (including phenoxy) is 6. The van der Waals surface area contributed by atoms with Crippen molar-refractivity contribution >= 4 is 11.9 Å². The zero-order valence-corrected chi connectivity index (χ0v) is 31.7. The summed E-state index contributed by atoms with van der Waals surface area (Å²) in [5, 5.41) is 29.3. The van der Waals surface area contributed by atoms with Gasteiger partial charge in [-0.05, 0) is 77.6 Å². The Hall–Kier alpha value is -2.16. The van der Waals surface area contributed by atoms with E-state index in [1.807, 2.05) is 69.2 Å². The topological polar surface area (TPSA) is 136 Å². The first-order valence-corrected chi connectivity index (χ1v) is 18.4. The molecule has 0 amide bonds. The summed E-state index contributed by atoms with van der Waals surface area (Å²) >= 11 is 0. The van der Waals surface area contributed by atoms with Crippen molar-refractivity contribution in [3.05, 3.63) is 35.4 Å². The molecule has 0 saturated carbocycles. The Labute approximate surface area is 297 Å². The van der Waals surface area contributed by atoms with Gasteiger partial charge in [-0.25, -0.2) is 9.59 Å². The standard InChI is InChI=1S/C38H58N2O10/c1-11-33(7)23-37(25(5)35(9,13-3)39(33)43)47-21-29(49-37)19-45-31(41)27-15-17-28(18-16-27)32(42)46-20-30-22-48-38(50-30)24-34(8,12-2)40(44)36(10,14-4)26(38)6/h15-18,25-26,29-30H,11-14,19-24H2,1-10H3. The normalized spacial score (nSPS) is 42.3. The van der Waals surface area contributed by atoms with Crippen LogP contribution in [0.5, 0.6) is 0 Å². The molecule has 4 saturated heterocycles. The molecule has 12 nitrogen and oxygen atoms in total. The number of esters is 2. The first-order valence-electron chi connectivity index (χ1n) is 18.4. The van der Waals surface area contributed by atoms with Crippen LogP contribution in [0.2, 0.25) is 0 Å². The summed E-state index contributed by atoms with van der Waals surface area (Å²) in [6.45, 7) is 20.4. The van der Waals surface area contributed by atoms with E-state index >= 15 is 0 Å². The summed E-state index contributed by atoms with van der Waals surface area (Å²) in [6.07, 6.45) is 2.50. The van der Waals surface area contributed by atoms with Crippen LogP contribution in [0.3, 0.4) is 0 Å². The zero-order chi connectivity index (χ0) is 36.9. The lowest BCUT2D eigenvalue weighted by Crippen LogP contribution is -2.70. The molecule has 4 aliphatic heterocycles. The molecule has 10 unspecified atom stereocenters. The van der Waals surface area contributed by atoms with E-state index in [0.29, 0.717) is 38.5 Å². The van der Waals surface area contributed by atoms with Gasteiger partial charge in [0, 0.05) is 24.7 Å². The second kappa shape index (κ2) is 14.0. The van der Waals surface area contributed by atoms with E-state index in [0.717, 1.165) is 0 Å². The lowest BCUT2D eigenvalue weighted by molar-refractivity contribution is -0.374. The molecule has 0 aromatic heterocycles. The highest BCUT2D eigenvalue weighted by molar-refractivity contribution is 5.93. The van der Waals surface area contributed by atoms with Crippen molar-refractivity contribution in [1.29, 1.82) is 0 Å². The van der Waals surface area contributed by atoms with Gasteiger partial charge in [-0.2, -0.15) is 0 Å². The fourth-order valence-electron chi connectivity index (χ4n) is 8.70. The van der Waals surface area contributed by atoms with Gasteiger partial charge >= 0.3 is 11.9 Å². The van der Waals surface area contributed by atoms with E-state index in [9.17, 15) is 20.0 Å². The highest BCUT2D eigenvalue weighted by Crippen LogP contribution is 2.55. The minimum atomic E-state index is -0.940. The highest BCUT2D eigenvalue weighted by atomic mass is 16.8. The number of piperidine rings is 2. The van der Waals surface area contributed by atoms with E-state index in [-0.39, 0.29) is 49.4 Å². The molecule has 4 heterocycles. The van der Waals surface area contributed by atoms with Crippen LogP contribution in [0, 0.1) is 11.8 Å². The fourth-order valence-corrected chi connectivity index (χ4v) is 8.70. The Morgan fingerprint density at radius 2 is 1.00 bits per heavy atom. The molecule has 0 aliphatic carbocycles. The number of hydrogen-bond acceptors (Lipinski definition) is 10. The number of hydrogen-bond donors (Lipinski definition) is 0. The number of carbonyl (C=O) groups is 2. The average molecular weight is 703 g/mol. The van der Waals surface area contributed by atoms with Crippen LogP contribution in [-0.2, 0) is 38.8 Å². The molecule has 4 fully saturated rings. The SMILES string of the molecule is CCC1(C)CC2(OCC(COC(=O)c3ccc(C(=O)OCC4COC5(CC(C)(CC)N([O])C(C)(CC)C5C)O4)cc3)O2)C(C)C(C)(CC)N1[O]. The number of rotatable bonds is 10. The summed E-state index contributed by atoms with van der Waals surface area (Å²) in [5.41, 5.74) is -2.06. The second-order valence-corrected chi connectivity index (χ2v) is 16.0. The van der Waals surface area contributed by atoms with Gasteiger partial charge in [-0.3, -0.25) is 0 Å². The molecule has 4 aliphatic rings. The molecule has 0 N–H and O–H groups in total. The molecule has 2 radical (unpaired) electrons. The van der Waals surface area contributed by atoms with Crippen LogP contribution >= 0.6 is 0 Å². The molecule has 12 heteroatoms. The van der Waals surface area contributed by atoms with Crippen molar-refractivity contribution in [2.45, 2.75) is 154 Å². The molecule has 10 atom stereocenters.